The molecule has 0 radical (unpaired) electrons. The van der Waals surface area contributed by atoms with Crippen molar-refractivity contribution >= 4 is 11.7 Å². The van der Waals surface area contributed by atoms with Crippen LogP contribution in [0.5, 0.6) is 0 Å². The van der Waals surface area contributed by atoms with Gasteiger partial charge in [-0.2, -0.15) is 0 Å². The van der Waals surface area contributed by atoms with Crippen molar-refractivity contribution in [2.45, 2.75) is 13.0 Å². The zero-order valence-corrected chi connectivity index (χ0v) is 11.2. The number of carbonyl (C=O) groups is 1. The number of oxime groups is 1. The maximum Gasteiger partial charge on any atom is 0.224 e. The summed E-state index contributed by atoms with van der Waals surface area (Å²) in [6.45, 7) is 0.365. The van der Waals surface area contributed by atoms with E-state index in [9.17, 15) is 4.79 Å². The van der Waals surface area contributed by atoms with Gasteiger partial charge in [-0.3, -0.25) is 4.79 Å². The zero-order chi connectivity index (χ0) is 15.1. The third-order valence-corrected chi connectivity index (χ3v) is 2.83. The van der Waals surface area contributed by atoms with Gasteiger partial charge in [-0.15, -0.1) is 0 Å². The van der Waals surface area contributed by atoms with E-state index in [1.165, 1.54) is 6.33 Å². The predicted octanol–water partition coefficient (Wildman–Crippen LogP) is 0.430. The van der Waals surface area contributed by atoms with Gasteiger partial charge in [0.1, 0.15) is 6.33 Å². The summed E-state index contributed by atoms with van der Waals surface area (Å²) >= 11 is 0. The standard InChI is InChI=1S/C14H15N5O2/c15-14(19-21)11-3-1-10(2-4-11)7-13(20)17-8-12-5-6-16-9-18-12/h1-6,9,21H,7-8H2,(H2,15,19)(H,17,20). The first-order chi connectivity index (χ1) is 10.2. The van der Waals surface area contributed by atoms with E-state index in [1.54, 1.807) is 36.5 Å². The summed E-state index contributed by atoms with van der Waals surface area (Å²) in [5.74, 6) is -0.0695. The molecule has 2 rings (SSSR count). The summed E-state index contributed by atoms with van der Waals surface area (Å²) < 4.78 is 0. The Hall–Kier alpha value is -2.96. The number of aromatic nitrogens is 2. The second kappa shape index (κ2) is 6.99. The van der Waals surface area contributed by atoms with Gasteiger partial charge in [-0.1, -0.05) is 29.4 Å². The van der Waals surface area contributed by atoms with Gasteiger partial charge >= 0.3 is 0 Å². The molecular formula is C14H15N5O2. The Morgan fingerprint density at radius 3 is 2.67 bits per heavy atom. The average molecular weight is 285 g/mol. The molecular weight excluding hydrogens is 270 g/mol. The van der Waals surface area contributed by atoms with Crippen molar-refractivity contribution in [1.82, 2.24) is 15.3 Å². The van der Waals surface area contributed by atoms with Gasteiger partial charge in [0, 0.05) is 11.8 Å². The fraction of sp³-hybridized carbons (Fsp3) is 0.143. The van der Waals surface area contributed by atoms with Crippen LogP contribution in [0.1, 0.15) is 16.8 Å². The number of carbonyl (C=O) groups excluding carboxylic acids is 1. The Labute approximate surface area is 121 Å². The molecule has 0 atom stereocenters. The number of rotatable bonds is 5. The van der Waals surface area contributed by atoms with Crippen LogP contribution in [0.15, 0.2) is 48.0 Å². The number of benzene rings is 1. The molecule has 0 aliphatic rings. The van der Waals surface area contributed by atoms with Gasteiger partial charge in [0.25, 0.3) is 0 Å². The van der Waals surface area contributed by atoms with E-state index in [4.69, 9.17) is 10.9 Å². The van der Waals surface area contributed by atoms with Crippen molar-refractivity contribution in [3.8, 4) is 0 Å². The highest BCUT2D eigenvalue weighted by Crippen LogP contribution is 2.05. The van der Waals surface area contributed by atoms with Crippen LogP contribution in [0.2, 0.25) is 0 Å². The molecule has 0 bridgehead atoms. The minimum atomic E-state index is -0.106. The topological polar surface area (TPSA) is 113 Å². The lowest BCUT2D eigenvalue weighted by Gasteiger charge is -2.05. The number of nitrogens with zero attached hydrogens (tertiary/aromatic N) is 3. The fourth-order valence-corrected chi connectivity index (χ4v) is 1.71. The van der Waals surface area contributed by atoms with Crippen LogP contribution >= 0.6 is 0 Å². The van der Waals surface area contributed by atoms with E-state index >= 15 is 0 Å². The lowest BCUT2D eigenvalue weighted by Crippen LogP contribution is -2.25. The number of nitrogens with two attached hydrogens (primary N) is 1. The van der Waals surface area contributed by atoms with E-state index < -0.39 is 0 Å². The number of amidine groups is 1. The van der Waals surface area contributed by atoms with Gasteiger partial charge in [0.05, 0.1) is 18.7 Å². The summed E-state index contributed by atoms with van der Waals surface area (Å²) in [5, 5.41) is 14.3. The molecule has 0 saturated heterocycles. The summed E-state index contributed by atoms with van der Waals surface area (Å²) in [4.78, 5) is 19.6. The molecule has 1 aromatic carbocycles. The third-order valence-electron chi connectivity index (χ3n) is 2.83. The molecule has 7 heteroatoms. The van der Waals surface area contributed by atoms with Crippen LogP contribution in [-0.4, -0.2) is 26.9 Å². The maximum absolute atomic E-state index is 11.8. The summed E-state index contributed by atoms with van der Waals surface area (Å²) in [6, 6.07) is 8.66. The smallest absolute Gasteiger partial charge is 0.224 e. The first kappa shape index (κ1) is 14.4. The van der Waals surface area contributed by atoms with Crippen molar-refractivity contribution in [2.75, 3.05) is 0 Å². The summed E-state index contributed by atoms with van der Waals surface area (Å²) in [7, 11) is 0. The predicted molar refractivity (Wildman–Crippen MR) is 76.5 cm³/mol. The van der Waals surface area contributed by atoms with Crippen molar-refractivity contribution in [3.05, 3.63) is 59.7 Å². The maximum atomic E-state index is 11.8. The van der Waals surface area contributed by atoms with Crippen LogP contribution in [0.3, 0.4) is 0 Å². The molecule has 0 saturated carbocycles. The van der Waals surface area contributed by atoms with Gasteiger partial charge in [0.2, 0.25) is 5.91 Å². The quantitative estimate of drug-likeness (QED) is 0.319. The molecule has 7 nitrogen and oxygen atoms in total. The molecule has 0 fully saturated rings. The monoisotopic (exact) mass is 285 g/mol. The average Bonchev–Trinajstić information content (AvgIpc) is 2.54. The molecule has 0 spiro atoms. The second-order valence-electron chi connectivity index (χ2n) is 4.34. The summed E-state index contributed by atoms with van der Waals surface area (Å²) in [6.07, 6.45) is 3.31. The van der Waals surface area contributed by atoms with Gasteiger partial charge in [0.15, 0.2) is 5.84 Å². The SMILES string of the molecule is N/C(=N/O)c1ccc(CC(=O)NCc2ccncn2)cc1. The molecule has 2 aromatic rings. The largest absolute Gasteiger partial charge is 0.409 e. The first-order valence-electron chi connectivity index (χ1n) is 6.27. The van der Waals surface area contributed by atoms with Crippen LogP contribution < -0.4 is 11.1 Å². The van der Waals surface area contributed by atoms with Crippen LogP contribution in [-0.2, 0) is 17.8 Å². The highest BCUT2D eigenvalue weighted by Gasteiger charge is 2.05. The highest BCUT2D eigenvalue weighted by atomic mass is 16.4. The Morgan fingerprint density at radius 2 is 2.05 bits per heavy atom. The molecule has 4 N–H and O–H groups in total. The number of hydrogen-bond acceptors (Lipinski definition) is 5. The Bertz CT molecular complexity index is 626. The molecule has 0 unspecified atom stereocenters. The molecule has 1 amide bonds. The van der Waals surface area contributed by atoms with E-state index in [0.717, 1.165) is 11.3 Å². The van der Waals surface area contributed by atoms with Gasteiger partial charge in [-0.05, 0) is 11.6 Å². The van der Waals surface area contributed by atoms with Crippen LogP contribution in [0.4, 0.5) is 0 Å². The van der Waals surface area contributed by atoms with Gasteiger partial charge < -0.3 is 16.3 Å². The second-order valence-corrected chi connectivity index (χ2v) is 4.34. The fourth-order valence-electron chi connectivity index (χ4n) is 1.71. The lowest BCUT2D eigenvalue weighted by molar-refractivity contribution is -0.120. The van der Waals surface area contributed by atoms with Crippen LogP contribution in [0, 0.1) is 0 Å². The van der Waals surface area contributed by atoms with Crippen molar-refractivity contribution < 1.29 is 10.0 Å². The normalized spacial score (nSPS) is 11.1. The molecule has 1 heterocycles. The molecule has 21 heavy (non-hydrogen) atoms. The van der Waals surface area contributed by atoms with Crippen molar-refractivity contribution in [1.29, 1.82) is 0 Å². The van der Waals surface area contributed by atoms with Crippen molar-refractivity contribution in [3.63, 3.8) is 0 Å². The van der Waals surface area contributed by atoms with Gasteiger partial charge in [-0.25, -0.2) is 9.97 Å². The van der Waals surface area contributed by atoms with E-state index in [1.807, 2.05) is 0 Å². The molecule has 1 aromatic heterocycles. The first-order valence-corrected chi connectivity index (χ1v) is 6.27. The van der Waals surface area contributed by atoms with E-state index in [-0.39, 0.29) is 18.2 Å². The molecule has 0 aliphatic carbocycles. The Balaban J connectivity index is 1.88. The molecule has 108 valence electrons. The number of hydrogen-bond donors (Lipinski definition) is 3. The minimum absolute atomic E-state index is 0.0368. The minimum Gasteiger partial charge on any atom is -0.409 e. The summed E-state index contributed by atoms with van der Waals surface area (Å²) in [5.41, 5.74) is 7.65. The van der Waals surface area contributed by atoms with Crippen molar-refractivity contribution in [2.24, 2.45) is 10.9 Å². The Morgan fingerprint density at radius 1 is 1.29 bits per heavy atom. The van der Waals surface area contributed by atoms with Crippen LogP contribution in [0.25, 0.3) is 0 Å². The van der Waals surface area contributed by atoms with E-state index in [2.05, 4.69) is 20.4 Å². The number of nitrogens with one attached hydrogen (secondary N) is 1. The highest BCUT2D eigenvalue weighted by molar-refractivity contribution is 5.97. The zero-order valence-electron chi connectivity index (χ0n) is 11.2. The molecule has 0 aliphatic heterocycles. The lowest BCUT2D eigenvalue weighted by atomic mass is 10.1. The Kier molecular flexibility index (Phi) is 4.81. The van der Waals surface area contributed by atoms with E-state index in [0.29, 0.717) is 12.1 Å². The third kappa shape index (κ3) is 4.27. The number of amides is 1.